The number of carbonyl (C=O) groups excluding carboxylic acids is 2. The van der Waals surface area contributed by atoms with Gasteiger partial charge in [0.25, 0.3) is 11.8 Å². The summed E-state index contributed by atoms with van der Waals surface area (Å²) < 4.78 is 5.30. The molecule has 0 saturated carbocycles. The van der Waals surface area contributed by atoms with Crippen LogP contribution < -0.4 is 16.9 Å². The Bertz CT molecular complexity index is 1720. The van der Waals surface area contributed by atoms with Gasteiger partial charge in [-0.1, -0.05) is 28.7 Å². The number of nitrogen functional groups attached to an aromatic ring is 2. The van der Waals surface area contributed by atoms with Gasteiger partial charge >= 0.3 is 0 Å². The van der Waals surface area contributed by atoms with Crippen LogP contribution in [0.5, 0.6) is 0 Å². The molecule has 1 aliphatic heterocycles. The van der Waals surface area contributed by atoms with Gasteiger partial charge in [0.2, 0.25) is 0 Å². The Morgan fingerprint density at radius 1 is 0.811 bits per heavy atom. The fourth-order valence-electron chi connectivity index (χ4n) is 5.95. The van der Waals surface area contributed by atoms with Crippen LogP contribution in [0.15, 0.2) is 24.3 Å². The molecule has 0 radical (unpaired) electrons. The lowest BCUT2D eigenvalue weighted by molar-refractivity contribution is 0.0478. The van der Waals surface area contributed by atoms with E-state index in [0.29, 0.717) is 59.5 Å². The summed E-state index contributed by atoms with van der Waals surface area (Å²) >= 11 is 13.8. The molecule has 0 unspecified atom stereocenters. The van der Waals surface area contributed by atoms with Crippen LogP contribution in [0.1, 0.15) is 26.3 Å². The number of anilines is 2. The lowest BCUT2D eigenvalue weighted by atomic mass is 9.79. The van der Waals surface area contributed by atoms with Crippen molar-refractivity contribution in [1.82, 2.24) is 4.90 Å². The van der Waals surface area contributed by atoms with Crippen LogP contribution in [0.2, 0.25) is 10.0 Å². The molecule has 0 bridgehead atoms. The van der Waals surface area contributed by atoms with Gasteiger partial charge in [0, 0.05) is 59.1 Å². The zero-order chi connectivity index (χ0) is 26.3. The second kappa shape index (κ2) is 8.36. The maximum atomic E-state index is 13.6. The first-order chi connectivity index (χ1) is 17.7. The Morgan fingerprint density at radius 3 is 2.03 bits per heavy atom. The van der Waals surface area contributed by atoms with E-state index >= 15 is 0 Å². The van der Waals surface area contributed by atoms with Crippen LogP contribution in [0.3, 0.4) is 0 Å². The molecule has 0 spiro atoms. The predicted octanol–water partition coefficient (Wildman–Crippen LogP) is 3.38. The monoisotopic (exact) mass is 533 g/mol. The van der Waals surface area contributed by atoms with E-state index in [1.54, 1.807) is 12.1 Å². The second-order valence-electron chi connectivity index (χ2n) is 9.48. The molecule has 5 N–H and O–H groups in total. The van der Waals surface area contributed by atoms with E-state index in [-0.39, 0.29) is 26.4 Å². The largest absolute Gasteiger partial charge is 0.398 e. The third-order valence-corrected chi connectivity index (χ3v) is 7.91. The van der Waals surface area contributed by atoms with Crippen molar-refractivity contribution < 1.29 is 19.4 Å². The van der Waals surface area contributed by atoms with E-state index < -0.39 is 11.8 Å². The van der Waals surface area contributed by atoms with Crippen molar-refractivity contribution >= 4 is 103 Å². The second-order valence-corrected chi connectivity index (χ2v) is 10.3. The molecule has 2 amide bonds. The number of benzene rings is 5. The van der Waals surface area contributed by atoms with Gasteiger partial charge in [-0.2, -0.15) is 0 Å². The number of halogens is 2. The lowest BCUT2D eigenvalue weighted by Crippen LogP contribution is -2.42. The molecule has 37 heavy (non-hydrogen) atoms. The highest BCUT2D eigenvalue weighted by molar-refractivity contribution is 6.54. The molecule has 0 atom stereocenters. The highest BCUT2D eigenvalue weighted by atomic mass is 35.5. The number of rotatable bonds is 5. The van der Waals surface area contributed by atoms with Gasteiger partial charge < -0.3 is 21.3 Å². The van der Waals surface area contributed by atoms with Crippen LogP contribution in [0, 0.1) is 6.92 Å². The SMILES string of the molecule is Bc1cc(Cl)c2c3c(Cl)cc4c5c(cc(N)c(c6c(N)cc(C)c1c62)c53)C(=O)N(CCOCCO)C4=O. The normalized spacial score (nSPS) is 13.8. The predicted molar refractivity (Wildman–Crippen MR) is 153 cm³/mol. The third-order valence-electron chi connectivity index (χ3n) is 7.31. The number of amides is 2. The number of nitrogens with two attached hydrogens (primary N) is 2. The van der Waals surface area contributed by atoms with E-state index in [1.807, 2.05) is 26.9 Å². The minimum absolute atomic E-state index is 0.0269. The van der Waals surface area contributed by atoms with E-state index in [1.165, 1.54) is 0 Å². The van der Waals surface area contributed by atoms with Gasteiger partial charge in [0.1, 0.15) is 7.85 Å². The van der Waals surface area contributed by atoms with E-state index in [0.717, 1.165) is 32.1 Å². The summed E-state index contributed by atoms with van der Waals surface area (Å²) in [6, 6.07) is 7.03. The molecule has 1 aliphatic rings. The first-order valence-corrected chi connectivity index (χ1v) is 12.6. The van der Waals surface area contributed by atoms with Crippen LogP contribution in [0.4, 0.5) is 11.4 Å². The quantitative estimate of drug-likeness (QED) is 0.0795. The van der Waals surface area contributed by atoms with Crippen molar-refractivity contribution in [3.8, 4) is 0 Å². The summed E-state index contributed by atoms with van der Waals surface area (Å²) in [5, 5.41) is 15.5. The molecule has 1 heterocycles. The summed E-state index contributed by atoms with van der Waals surface area (Å²) in [4.78, 5) is 28.2. The summed E-state index contributed by atoms with van der Waals surface area (Å²) in [7, 11) is 1.99. The number of nitrogens with zero attached hydrogens (tertiary/aromatic N) is 1. The van der Waals surface area contributed by atoms with Crippen molar-refractivity contribution in [2.45, 2.75) is 6.92 Å². The number of carbonyl (C=O) groups is 2. The molecule has 6 rings (SSSR count). The highest BCUT2D eigenvalue weighted by Gasteiger charge is 2.36. The Hall–Kier alpha value is -3.30. The molecule has 0 aliphatic carbocycles. The molecule has 186 valence electrons. The molecular formula is C27H22BCl2N3O4. The van der Waals surface area contributed by atoms with Gasteiger partial charge in [-0.3, -0.25) is 14.5 Å². The van der Waals surface area contributed by atoms with Gasteiger partial charge in [0.05, 0.1) is 37.5 Å². The molecule has 7 nitrogen and oxygen atoms in total. The molecule has 10 heteroatoms. The minimum Gasteiger partial charge on any atom is -0.398 e. The molecule has 0 saturated heterocycles. The summed E-state index contributed by atoms with van der Waals surface area (Å²) in [5.41, 5.74) is 16.8. The molecular weight excluding hydrogens is 512 g/mol. The van der Waals surface area contributed by atoms with Gasteiger partial charge in [-0.25, -0.2) is 0 Å². The Morgan fingerprint density at radius 2 is 1.38 bits per heavy atom. The van der Waals surface area contributed by atoms with E-state index in [4.69, 9.17) is 44.5 Å². The number of aliphatic hydroxyl groups excluding tert-OH is 1. The molecule has 5 aromatic carbocycles. The topological polar surface area (TPSA) is 119 Å². The summed E-state index contributed by atoms with van der Waals surface area (Å²) in [6.07, 6.45) is 0. The average Bonchev–Trinajstić information content (AvgIpc) is 2.84. The van der Waals surface area contributed by atoms with Crippen molar-refractivity contribution in [2.24, 2.45) is 0 Å². The Kier molecular flexibility index (Phi) is 5.44. The van der Waals surface area contributed by atoms with Gasteiger partial charge in [0.15, 0.2) is 0 Å². The van der Waals surface area contributed by atoms with Crippen LogP contribution in [0.25, 0.3) is 43.1 Å². The lowest BCUT2D eigenvalue weighted by Gasteiger charge is -2.30. The fraction of sp³-hybridized carbons (Fsp3) is 0.185. The number of hydrogen-bond donors (Lipinski definition) is 3. The maximum Gasteiger partial charge on any atom is 0.261 e. The van der Waals surface area contributed by atoms with Gasteiger partial charge in [-0.05, 0) is 42.1 Å². The molecule has 0 fully saturated rings. The van der Waals surface area contributed by atoms with Crippen molar-refractivity contribution in [2.75, 3.05) is 37.8 Å². The van der Waals surface area contributed by atoms with Crippen molar-refractivity contribution in [1.29, 1.82) is 0 Å². The standard InChI is InChI=1S/C27H22BCl2N3O4/c1-10-6-16(31)22-23-17(32)8-12-19-11(26(35)33(27(12)36)2-4-37-5-3-34)7-14(29)20(25(19)23)21-15(30)9-13(28)18(10)24(21)22/h6-9,34H,2-5,28,31-32H2,1H3. The zero-order valence-electron chi connectivity index (χ0n) is 20.2. The first-order valence-electron chi connectivity index (χ1n) is 11.8. The number of aliphatic hydroxyl groups is 1. The fourth-order valence-corrected chi connectivity index (χ4v) is 6.60. The number of hydrogen-bond acceptors (Lipinski definition) is 6. The first kappa shape index (κ1) is 24.1. The van der Waals surface area contributed by atoms with E-state index in [9.17, 15) is 9.59 Å². The summed E-state index contributed by atoms with van der Waals surface area (Å²) in [5.74, 6) is -0.948. The van der Waals surface area contributed by atoms with Crippen LogP contribution >= 0.6 is 23.2 Å². The number of fused-ring (bicyclic) bond motifs is 2. The third kappa shape index (κ3) is 3.16. The van der Waals surface area contributed by atoms with Crippen LogP contribution in [-0.4, -0.2) is 56.0 Å². The zero-order valence-corrected chi connectivity index (χ0v) is 21.7. The summed E-state index contributed by atoms with van der Waals surface area (Å²) in [6.45, 7) is 2.08. The molecule has 5 aromatic rings. The Labute approximate surface area is 222 Å². The average molecular weight is 534 g/mol. The van der Waals surface area contributed by atoms with E-state index in [2.05, 4.69) is 0 Å². The number of aryl methyl sites for hydroxylation is 1. The maximum absolute atomic E-state index is 13.6. The Balaban J connectivity index is 1.79. The smallest absolute Gasteiger partial charge is 0.261 e. The highest BCUT2D eigenvalue weighted by Crippen LogP contribution is 2.51. The van der Waals surface area contributed by atoms with Gasteiger partial charge in [-0.15, -0.1) is 0 Å². The van der Waals surface area contributed by atoms with Crippen molar-refractivity contribution in [3.63, 3.8) is 0 Å². The van der Waals surface area contributed by atoms with Crippen LogP contribution in [-0.2, 0) is 4.74 Å². The van der Waals surface area contributed by atoms with Crippen molar-refractivity contribution in [3.05, 3.63) is 51.0 Å². The molecule has 0 aromatic heterocycles. The minimum atomic E-state index is -0.475. The number of ether oxygens (including phenoxy) is 1. The number of imide groups is 1.